The van der Waals surface area contributed by atoms with E-state index in [1.165, 1.54) is 31.3 Å². The van der Waals surface area contributed by atoms with Gasteiger partial charge in [0.05, 0.1) is 0 Å². The van der Waals surface area contributed by atoms with Crippen molar-refractivity contribution in [2.45, 2.75) is 66.7 Å². The molecule has 124 valence electrons. The van der Waals surface area contributed by atoms with E-state index in [1.54, 1.807) is 11.1 Å². The maximum atomic E-state index is 11.7. The topological polar surface area (TPSA) is 26.3 Å². The van der Waals surface area contributed by atoms with Crippen LogP contribution in [0.5, 0.6) is 0 Å². The quantitative estimate of drug-likeness (QED) is 0.509. The number of fused-ring (bicyclic) bond motifs is 1. The predicted octanol–water partition coefficient (Wildman–Crippen LogP) is 5.29. The largest absolute Gasteiger partial charge is 0.461 e. The fraction of sp³-hybridized carbons (Fsp3) is 0.750. The van der Waals surface area contributed by atoms with Crippen molar-refractivity contribution >= 4 is 5.97 Å². The zero-order chi connectivity index (χ0) is 16.3. The van der Waals surface area contributed by atoms with Crippen molar-refractivity contribution in [3.05, 3.63) is 22.8 Å². The molecule has 1 fully saturated rings. The highest BCUT2D eigenvalue weighted by Crippen LogP contribution is 2.48. The summed E-state index contributed by atoms with van der Waals surface area (Å²) in [6.45, 7) is 11.4. The second-order valence-corrected chi connectivity index (χ2v) is 7.81. The minimum atomic E-state index is -0.0749. The van der Waals surface area contributed by atoms with E-state index in [1.807, 2.05) is 13.8 Å². The molecule has 1 saturated carbocycles. The molecule has 2 heteroatoms. The van der Waals surface area contributed by atoms with Crippen molar-refractivity contribution in [2.75, 3.05) is 6.61 Å². The summed E-state index contributed by atoms with van der Waals surface area (Å²) in [5.41, 5.74) is 4.51. The summed E-state index contributed by atoms with van der Waals surface area (Å²) in [4.78, 5) is 11.7. The van der Waals surface area contributed by atoms with Gasteiger partial charge >= 0.3 is 5.97 Å². The molecule has 0 saturated heterocycles. The van der Waals surface area contributed by atoms with Gasteiger partial charge in [0.1, 0.15) is 6.61 Å². The third-order valence-electron chi connectivity index (χ3n) is 5.26. The zero-order valence-electron chi connectivity index (χ0n) is 14.9. The van der Waals surface area contributed by atoms with E-state index in [4.69, 9.17) is 4.74 Å². The molecule has 0 radical (unpaired) electrons. The number of esters is 1. The molecular weight excluding hydrogens is 272 g/mol. The lowest BCUT2D eigenvalue weighted by Gasteiger charge is -2.34. The monoisotopic (exact) mass is 304 g/mol. The van der Waals surface area contributed by atoms with Crippen molar-refractivity contribution in [3.63, 3.8) is 0 Å². The average Bonchev–Trinajstić information content (AvgIpc) is 2.82. The Kier molecular flexibility index (Phi) is 5.88. The molecule has 0 bridgehead atoms. The number of allylic oxidation sites excluding steroid dienone is 3. The van der Waals surface area contributed by atoms with E-state index < -0.39 is 0 Å². The van der Waals surface area contributed by atoms with Crippen LogP contribution < -0.4 is 0 Å². The fourth-order valence-electron chi connectivity index (χ4n) is 4.12. The van der Waals surface area contributed by atoms with Gasteiger partial charge < -0.3 is 4.74 Å². The minimum Gasteiger partial charge on any atom is -0.461 e. The number of hydrogen-bond donors (Lipinski definition) is 0. The van der Waals surface area contributed by atoms with Gasteiger partial charge in [0, 0.05) is 6.42 Å². The van der Waals surface area contributed by atoms with Crippen LogP contribution >= 0.6 is 0 Å². The molecule has 0 heterocycles. The molecule has 2 rings (SSSR count). The van der Waals surface area contributed by atoms with Crippen LogP contribution in [0.4, 0.5) is 0 Å². The maximum absolute atomic E-state index is 11.7. The molecule has 0 aromatic heterocycles. The SMILES string of the molecule is CC1=C2C(/C=C(\C)COC(=O)CC(C)C)CCC(C)C2CC1. The molecule has 2 nitrogen and oxygen atoms in total. The molecule has 0 aliphatic heterocycles. The number of hydrogen-bond acceptors (Lipinski definition) is 2. The van der Waals surface area contributed by atoms with E-state index in [0.717, 1.165) is 11.8 Å². The van der Waals surface area contributed by atoms with E-state index in [0.29, 0.717) is 24.9 Å². The summed E-state index contributed by atoms with van der Waals surface area (Å²) < 4.78 is 5.39. The average molecular weight is 304 g/mol. The van der Waals surface area contributed by atoms with Gasteiger partial charge in [0.15, 0.2) is 0 Å². The number of rotatable bonds is 5. The van der Waals surface area contributed by atoms with Gasteiger partial charge in [-0.1, -0.05) is 38.0 Å². The van der Waals surface area contributed by atoms with Crippen molar-refractivity contribution in [2.24, 2.45) is 23.7 Å². The van der Waals surface area contributed by atoms with Crippen molar-refractivity contribution < 1.29 is 9.53 Å². The van der Waals surface area contributed by atoms with Gasteiger partial charge in [-0.25, -0.2) is 0 Å². The van der Waals surface area contributed by atoms with Gasteiger partial charge in [0.2, 0.25) is 0 Å². The number of ether oxygens (including phenoxy) is 1. The Morgan fingerprint density at radius 3 is 2.73 bits per heavy atom. The van der Waals surface area contributed by atoms with E-state index in [-0.39, 0.29) is 5.97 Å². The van der Waals surface area contributed by atoms with Gasteiger partial charge in [-0.15, -0.1) is 0 Å². The Morgan fingerprint density at radius 2 is 2.05 bits per heavy atom. The standard InChI is InChI=1S/C20H32O2/c1-13(2)10-19(21)22-12-14(3)11-17-8-6-15(4)18-9-7-16(5)20(17)18/h11,13,15,17-18H,6-10,12H2,1-5H3/b14-11+. The molecule has 2 aliphatic carbocycles. The van der Waals surface area contributed by atoms with Gasteiger partial charge in [0.25, 0.3) is 0 Å². The Labute approximate surface area is 136 Å². The highest BCUT2D eigenvalue weighted by Gasteiger charge is 2.35. The first-order chi connectivity index (χ1) is 10.4. The molecule has 0 N–H and O–H groups in total. The normalized spacial score (nSPS) is 29.0. The molecule has 0 aromatic carbocycles. The molecule has 2 aliphatic rings. The molecule has 3 atom stereocenters. The third-order valence-corrected chi connectivity index (χ3v) is 5.26. The van der Waals surface area contributed by atoms with E-state index in [2.05, 4.69) is 26.8 Å². The fourth-order valence-corrected chi connectivity index (χ4v) is 4.12. The first-order valence-corrected chi connectivity index (χ1v) is 8.91. The first kappa shape index (κ1) is 17.3. The van der Waals surface area contributed by atoms with Crippen LogP contribution in [0.2, 0.25) is 0 Å². The third kappa shape index (κ3) is 4.24. The van der Waals surface area contributed by atoms with E-state index in [9.17, 15) is 4.79 Å². The molecular formula is C20H32O2. The van der Waals surface area contributed by atoms with Crippen LogP contribution in [0.3, 0.4) is 0 Å². The van der Waals surface area contributed by atoms with E-state index >= 15 is 0 Å². The van der Waals surface area contributed by atoms with Crippen LogP contribution in [0, 0.1) is 23.7 Å². The predicted molar refractivity (Wildman–Crippen MR) is 91.5 cm³/mol. The molecule has 3 unspecified atom stereocenters. The van der Waals surface area contributed by atoms with Crippen LogP contribution in [-0.4, -0.2) is 12.6 Å². The van der Waals surface area contributed by atoms with Crippen LogP contribution in [0.25, 0.3) is 0 Å². The second kappa shape index (κ2) is 7.48. The van der Waals surface area contributed by atoms with Crippen molar-refractivity contribution in [1.82, 2.24) is 0 Å². The highest BCUT2D eigenvalue weighted by molar-refractivity contribution is 5.69. The van der Waals surface area contributed by atoms with Gasteiger partial charge in [-0.3, -0.25) is 4.79 Å². The minimum absolute atomic E-state index is 0.0749. The summed E-state index contributed by atoms with van der Waals surface area (Å²) >= 11 is 0. The molecule has 0 amide bonds. The van der Waals surface area contributed by atoms with Crippen LogP contribution in [-0.2, 0) is 9.53 Å². The highest BCUT2D eigenvalue weighted by atomic mass is 16.5. The summed E-state index contributed by atoms with van der Waals surface area (Å²) in [5, 5.41) is 0. The zero-order valence-corrected chi connectivity index (χ0v) is 14.9. The van der Waals surface area contributed by atoms with Crippen molar-refractivity contribution in [3.8, 4) is 0 Å². The van der Waals surface area contributed by atoms with Crippen LogP contribution in [0.1, 0.15) is 66.7 Å². The summed E-state index contributed by atoms with van der Waals surface area (Å²) in [5.74, 6) is 2.50. The lowest BCUT2D eigenvalue weighted by molar-refractivity contribution is -0.143. The maximum Gasteiger partial charge on any atom is 0.306 e. The summed E-state index contributed by atoms with van der Waals surface area (Å²) in [6, 6.07) is 0. The summed E-state index contributed by atoms with van der Waals surface area (Å²) in [7, 11) is 0. The lowest BCUT2D eigenvalue weighted by Crippen LogP contribution is -2.23. The van der Waals surface area contributed by atoms with Gasteiger partial charge in [-0.2, -0.15) is 0 Å². The van der Waals surface area contributed by atoms with Gasteiger partial charge in [-0.05, 0) is 68.8 Å². The summed E-state index contributed by atoms with van der Waals surface area (Å²) in [6.07, 6.45) is 8.07. The smallest absolute Gasteiger partial charge is 0.306 e. The Bertz CT molecular complexity index is 470. The van der Waals surface area contributed by atoms with Crippen LogP contribution in [0.15, 0.2) is 22.8 Å². The number of carbonyl (C=O) groups is 1. The number of carbonyl (C=O) groups excluding carboxylic acids is 1. The molecule has 22 heavy (non-hydrogen) atoms. The van der Waals surface area contributed by atoms with Crippen molar-refractivity contribution in [1.29, 1.82) is 0 Å². The Morgan fingerprint density at radius 1 is 1.32 bits per heavy atom. The molecule has 0 spiro atoms. The second-order valence-electron chi connectivity index (χ2n) is 7.81. The molecule has 0 aromatic rings. The Hall–Kier alpha value is -1.05. The first-order valence-electron chi connectivity index (χ1n) is 8.91. The Balaban J connectivity index is 1.96. The lowest BCUT2D eigenvalue weighted by atomic mass is 9.71.